The van der Waals surface area contributed by atoms with Gasteiger partial charge in [0.15, 0.2) is 0 Å². The first kappa shape index (κ1) is 14.9. The molecule has 22 heavy (non-hydrogen) atoms. The van der Waals surface area contributed by atoms with Gasteiger partial charge in [-0.3, -0.25) is 5.32 Å². The first-order chi connectivity index (χ1) is 10.6. The highest BCUT2D eigenvalue weighted by molar-refractivity contribution is 5.70. The Hall–Kier alpha value is -2.06. The van der Waals surface area contributed by atoms with Crippen molar-refractivity contribution in [2.24, 2.45) is 0 Å². The summed E-state index contributed by atoms with van der Waals surface area (Å²) >= 11 is 0. The molecule has 0 spiro atoms. The van der Waals surface area contributed by atoms with Crippen molar-refractivity contribution >= 4 is 5.70 Å². The van der Waals surface area contributed by atoms with Gasteiger partial charge in [-0.05, 0) is 30.0 Å². The van der Waals surface area contributed by atoms with Crippen LogP contribution in [0.3, 0.4) is 0 Å². The number of fused-ring (bicyclic) bond motifs is 1. The number of rotatable bonds is 4. The maximum Gasteiger partial charge on any atom is 0.107 e. The molecule has 0 amide bonds. The van der Waals surface area contributed by atoms with Crippen LogP contribution in [0.2, 0.25) is 0 Å². The van der Waals surface area contributed by atoms with Crippen molar-refractivity contribution in [2.75, 3.05) is 7.05 Å². The van der Waals surface area contributed by atoms with Crippen LogP contribution < -0.4 is 5.32 Å². The van der Waals surface area contributed by atoms with Crippen LogP contribution >= 0.6 is 0 Å². The van der Waals surface area contributed by atoms with E-state index in [0.29, 0.717) is 6.04 Å². The van der Waals surface area contributed by atoms with Crippen LogP contribution in [0.1, 0.15) is 47.8 Å². The Balaban J connectivity index is 1.92. The van der Waals surface area contributed by atoms with E-state index in [-0.39, 0.29) is 6.17 Å². The van der Waals surface area contributed by atoms with E-state index in [2.05, 4.69) is 86.2 Å². The van der Waals surface area contributed by atoms with Crippen LogP contribution in [0.15, 0.2) is 55.1 Å². The molecular weight excluding hydrogens is 268 g/mol. The van der Waals surface area contributed by atoms with E-state index in [1.807, 2.05) is 0 Å². The molecule has 2 unspecified atom stereocenters. The van der Waals surface area contributed by atoms with Crippen molar-refractivity contribution in [1.82, 2.24) is 10.2 Å². The molecule has 1 aliphatic heterocycles. The van der Waals surface area contributed by atoms with Gasteiger partial charge in [0.05, 0.1) is 0 Å². The summed E-state index contributed by atoms with van der Waals surface area (Å²) in [5.41, 5.74) is 6.39. The Bertz CT molecular complexity index is 690. The Labute approximate surface area is 133 Å². The predicted molar refractivity (Wildman–Crippen MR) is 93.3 cm³/mol. The zero-order valence-electron chi connectivity index (χ0n) is 13.6. The minimum Gasteiger partial charge on any atom is -0.355 e. The fourth-order valence-corrected chi connectivity index (χ4v) is 3.35. The van der Waals surface area contributed by atoms with Crippen LogP contribution in [0.25, 0.3) is 5.70 Å². The Kier molecular flexibility index (Phi) is 4.04. The number of hydrogen-bond acceptors (Lipinski definition) is 2. The van der Waals surface area contributed by atoms with Gasteiger partial charge in [0.1, 0.15) is 6.17 Å². The van der Waals surface area contributed by atoms with Gasteiger partial charge in [-0.2, -0.15) is 0 Å². The van der Waals surface area contributed by atoms with Crippen molar-refractivity contribution in [3.63, 3.8) is 0 Å². The summed E-state index contributed by atoms with van der Waals surface area (Å²) in [5, 5.41) is 3.82. The minimum absolute atomic E-state index is 0.188. The van der Waals surface area contributed by atoms with Gasteiger partial charge in [0, 0.05) is 24.4 Å². The van der Waals surface area contributed by atoms with Crippen molar-refractivity contribution in [3.8, 4) is 0 Å². The van der Waals surface area contributed by atoms with Crippen molar-refractivity contribution in [3.05, 3.63) is 77.4 Å². The highest BCUT2D eigenvalue weighted by Gasteiger charge is 2.31. The summed E-state index contributed by atoms with van der Waals surface area (Å²) in [7, 11) is 2.12. The van der Waals surface area contributed by atoms with Gasteiger partial charge in [-0.1, -0.05) is 62.0 Å². The fraction of sp³-hybridized carbons (Fsp3) is 0.300. The zero-order valence-corrected chi connectivity index (χ0v) is 13.6. The molecule has 2 aromatic rings. The third-order valence-corrected chi connectivity index (χ3v) is 4.71. The lowest BCUT2D eigenvalue weighted by Gasteiger charge is -2.30. The molecule has 1 heterocycles. The molecule has 0 bridgehead atoms. The van der Waals surface area contributed by atoms with E-state index in [9.17, 15) is 0 Å². The molecule has 3 rings (SSSR count). The Morgan fingerprint density at radius 3 is 2.55 bits per heavy atom. The Morgan fingerprint density at radius 2 is 1.82 bits per heavy atom. The van der Waals surface area contributed by atoms with E-state index < -0.39 is 0 Å². The molecule has 0 fully saturated rings. The molecule has 2 atom stereocenters. The van der Waals surface area contributed by atoms with Crippen molar-refractivity contribution < 1.29 is 0 Å². The molecule has 1 aliphatic rings. The second-order valence-corrected chi connectivity index (χ2v) is 6.03. The molecule has 114 valence electrons. The molecule has 2 aromatic carbocycles. The van der Waals surface area contributed by atoms with Gasteiger partial charge in [0.25, 0.3) is 0 Å². The minimum atomic E-state index is 0.188. The molecule has 0 saturated carbocycles. The average molecular weight is 292 g/mol. The highest BCUT2D eigenvalue weighted by Crippen LogP contribution is 2.39. The summed E-state index contributed by atoms with van der Waals surface area (Å²) in [4.78, 5) is 2.24. The molecular formula is C20H24N2. The maximum atomic E-state index is 4.24. The van der Waals surface area contributed by atoms with Crippen molar-refractivity contribution in [2.45, 2.75) is 32.5 Å². The Morgan fingerprint density at radius 1 is 1.14 bits per heavy atom. The summed E-state index contributed by atoms with van der Waals surface area (Å²) < 4.78 is 0. The molecule has 2 nitrogen and oxygen atoms in total. The third-order valence-electron chi connectivity index (χ3n) is 4.71. The second kappa shape index (κ2) is 5.98. The number of nitrogens with one attached hydrogen (secondary N) is 1. The lowest BCUT2D eigenvalue weighted by molar-refractivity contribution is 0.279. The monoisotopic (exact) mass is 292 g/mol. The predicted octanol–water partition coefficient (Wildman–Crippen LogP) is 4.65. The zero-order chi connectivity index (χ0) is 15.7. The summed E-state index contributed by atoms with van der Waals surface area (Å²) in [6, 6.07) is 17.5. The van der Waals surface area contributed by atoms with E-state index in [4.69, 9.17) is 0 Å². The largest absolute Gasteiger partial charge is 0.355 e. The first-order valence-electron chi connectivity index (χ1n) is 7.96. The van der Waals surface area contributed by atoms with Crippen LogP contribution in [0.4, 0.5) is 0 Å². The molecule has 0 aliphatic carbocycles. The second-order valence-electron chi connectivity index (χ2n) is 6.03. The van der Waals surface area contributed by atoms with Gasteiger partial charge in [0.2, 0.25) is 0 Å². The summed E-state index contributed by atoms with van der Waals surface area (Å²) in [6.45, 7) is 8.66. The lowest BCUT2D eigenvalue weighted by Crippen LogP contribution is -2.33. The van der Waals surface area contributed by atoms with Crippen LogP contribution in [-0.4, -0.2) is 11.9 Å². The first-order valence-corrected chi connectivity index (χ1v) is 7.96. The smallest absolute Gasteiger partial charge is 0.107 e. The van der Waals surface area contributed by atoms with E-state index in [1.54, 1.807) is 0 Å². The average Bonchev–Trinajstić information content (AvgIpc) is 2.78. The van der Waals surface area contributed by atoms with Crippen LogP contribution in [0.5, 0.6) is 0 Å². The molecule has 0 aromatic heterocycles. The van der Waals surface area contributed by atoms with Crippen LogP contribution in [-0.2, 0) is 0 Å². The maximum absolute atomic E-state index is 4.24. The van der Waals surface area contributed by atoms with Gasteiger partial charge in [-0.25, -0.2) is 0 Å². The van der Waals surface area contributed by atoms with E-state index >= 15 is 0 Å². The van der Waals surface area contributed by atoms with Gasteiger partial charge < -0.3 is 4.90 Å². The molecule has 2 heteroatoms. The number of aryl methyl sites for hydroxylation is 1. The quantitative estimate of drug-likeness (QED) is 0.882. The number of hydrogen-bond donors (Lipinski definition) is 1. The van der Waals surface area contributed by atoms with Gasteiger partial charge in [-0.15, -0.1) is 0 Å². The standard InChI is InChI=1S/C20H24N2/c1-5-19(16-11-7-6-10-14(16)2)21-20-18-13-9-8-12-17(18)15(3)22(20)4/h6-13,19-21H,3,5H2,1-2,4H3. The SMILES string of the molecule is C=C1c2ccccc2C(NC(CC)c2ccccc2C)N1C. The van der Waals surface area contributed by atoms with E-state index in [0.717, 1.165) is 12.1 Å². The van der Waals surface area contributed by atoms with Crippen LogP contribution in [0, 0.1) is 6.92 Å². The summed E-state index contributed by atoms with van der Waals surface area (Å²) in [5.74, 6) is 0. The third kappa shape index (κ3) is 2.44. The van der Waals surface area contributed by atoms with E-state index in [1.165, 1.54) is 22.3 Å². The summed E-state index contributed by atoms with van der Waals surface area (Å²) in [6.07, 6.45) is 1.25. The number of benzene rings is 2. The lowest BCUT2D eigenvalue weighted by atomic mass is 9.98. The topological polar surface area (TPSA) is 15.3 Å². The fourth-order valence-electron chi connectivity index (χ4n) is 3.35. The number of nitrogens with zero attached hydrogens (tertiary/aromatic N) is 1. The molecule has 0 saturated heterocycles. The molecule has 1 N–H and O–H groups in total. The highest BCUT2D eigenvalue weighted by atomic mass is 15.3. The van der Waals surface area contributed by atoms with Crippen molar-refractivity contribution in [1.29, 1.82) is 0 Å². The normalized spacial score (nSPS) is 18.4. The molecule has 0 radical (unpaired) electrons. The van der Waals surface area contributed by atoms with Gasteiger partial charge >= 0.3 is 0 Å².